The molecule has 0 aromatic heterocycles. The lowest BCUT2D eigenvalue weighted by Crippen LogP contribution is -2.30. The molecule has 2 aromatic carbocycles. The zero-order valence-corrected chi connectivity index (χ0v) is 15.5. The molecule has 1 amide bonds. The molecule has 3 rings (SSSR count). The van der Waals surface area contributed by atoms with Crippen molar-refractivity contribution in [2.75, 3.05) is 13.2 Å². The van der Waals surface area contributed by atoms with Crippen molar-refractivity contribution in [2.45, 2.75) is 30.0 Å². The van der Waals surface area contributed by atoms with E-state index in [0.717, 1.165) is 28.4 Å². The van der Waals surface area contributed by atoms with Crippen LogP contribution in [0.1, 0.15) is 18.9 Å². The first-order chi connectivity index (χ1) is 12.1. The van der Waals surface area contributed by atoms with Gasteiger partial charge in [0.05, 0.1) is 18.5 Å². The van der Waals surface area contributed by atoms with Gasteiger partial charge in [-0.2, -0.15) is 0 Å². The second-order valence-corrected chi connectivity index (χ2v) is 7.55. The number of carbonyl (C=O) groups excluding carboxylic acids is 1. The minimum Gasteiger partial charge on any atom is -0.490 e. The Kier molecular flexibility index (Phi) is 6.10. The van der Waals surface area contributed by atoms with Gasteiger partial charge in [0.15, 0.2) is 11.5 Å². The Labute approximate surface area is 156 Å². The van der Waals surface area contributed by atoms with Crippen molar-refractivity contribution < 1.29 is 14.3 Å². The summed E-state index contributed by atoms with van der Waals surface area (Å²) in [6.07, 6.45) is 0.873. The molecule has 1 N–H and O–H groups in total. The maximum atomic E-state index is 12.3. The standard InChI is InChI=1S/C19H20ClNO3S/c1-13(19(22)21-12-14-5-2-3-6-16(14)20)25-15-7-8-17-18(11-15)24-10-4-9-23-17/h2-3,5-8,11,13H,4,9-10,12H2,1H3,(H,21,22)/t13-/m0/s1. The average molecular weight is 378 g/mol. The quantitative estimate of drug-likeness (QED) is 0.789. The van der Waals surface area contributed by atoms with E-state index < -0.39 is 0 Å². The van der Waals surface area contributed by atoms with Crippen molar-refractivity contribution >= 4 is 29.3 Å². The summed E-state index contributed by atoms with van der Waals surface area (Å²) in [5, 5.41) is 3.36. The molecule has 1 aliphatic heterocycles. The van der Waals surface area contributed by atoms with Gasteiger partial charge in [0.1, 0.15) is 0 Å². The first-order valence-corrected chi connectivity index (χ1v) is 9.46. The van der Waals surface area contributed by atoms with Gasteiger partial charge >= 0.3 is 0 Å². The van der Waals surface area contributed by atoms with E-state index >= 15 is 0 Å². The highest BCUT2D eigenvalue weighted by Gasteiger charge is 2.17. The van der Waals surface area contributed by atoms with Gasteiger partial charge in [-0.25, -0.2) is 0 Å². The molecule has 1 atom stereocenters. The number of hydrogen-bond acceptors (Lipinski definition) is 4. The largest absolute Gasteiger partial charge is 0.490 e. The number of ether oxygens (including phenoxy) is 2. The lowest BCUT2D eigenvalue weighted by atomic mass is 10.2. The van der Waals surface area contributed by atoms with Crippen molar-refractivity contribution in [3.05, 3.63) is 53.1 Å². The van der Waals surface area contributed by atoms with Gasteiger partial charge < -0.3 is 14.8 Å². The number of nitrogens with one attached hydrogen (secondary N) is 1. The number of amides is 1. The first-order valence-electron chi connectivity index (χ1n) is 8.21. The fourth-order valence-corrected chi connectivity index (χ4v) is 3.57. The Hall–Kier alpha value is -1.85. The number of thioether (sulfide) groups is 1. The molecule has 4 nitrogen and oxygen atoms in total. The van der Waals surface area contributed by atoms with E-state index in [0.29, 0.717) is 24.8 Å². The molecule has 132 valence electrons. The second-order valence-electron chi connectivity index (χ2n) is 5.73. The van der Waals surface area contributed by atoms with Crippen LogP contribution in [0.5, 0.6) is 11.5 Å². The van der Waals surface area contributed by atoms with E-state index in [-0.39, 0.29) is 11.2 Å². The topological polar surface area (TPSA) is 47.6 Å². The van der Waals surface area contributed by atoms with Gasteiger partial charge in [0, 0.05) is 22.9 Å². The maximum Gasteiger partial charge on any atom is 0.233 e. The highest BCUT2D eigenvalue weighted by Crippen LogP contribution is 2.35. The molecule has 0 fully saturated rings. The maximum absolute atomic E-state index is 12.3. The number of hydrogen-bond donors (Lipinski definition) is 1. The molecule has 0 unspecified atom stereocenters. The highest BCUT2D eigenvalue weighted by molar-refractivity contribution is 8.00. The zero-order chi connectivity index (χ0) is 17.6. The molecule has 0 radical (unpaired) electrons. The van der Waals surface area contributed by atoms with E-state index in [1.807, 2.05) is 49.4 Å². The van der Waals surface area contributed by atoms with E-state index in [1.54, 1.807) is 0 Å². The molecule has 1 heterocycles. The van der Waals surface area contributed by atoms with Crippen LogP contribution >= 0.6 is 23.4 Å². The van der Waals surface area contributed by atoms with E-state index in [1.165, 1.54) is 11.8 Å². The summed E-state index contributed by atoms with van der Waals surface area (Å²) >= 11 is 7.61. The molecule has 0 aliphatic carbocycles. The van der Waals surface area contributed by atoms with Crippen LogP contribution in [0.3, 0.4) is 0 Å². The van der Waals surface area contributed by atoms with Crippen LogP contribution in [0, 0.1) is 0 Å². The molecule has 0 saturated heterocycles. The predicted molar refractivity (Wildman–Crippen MR) is 101 cm³/mol. The van der Waals surface area contributed by atoms with Crippen LogP contribution < -0.4 is 14.8 Å². The van der Waals surface area contributed by atoms with Crippen LogP contribution in [0.25, 0.3) is 0 Å². The molecular formula is C19H20ClNO3S. The smallest absolute Gasteiger partial charge is 0.233 e. The summed E-state index contributed by atoms with van der Waals surface area (Å²) in [7, 11) is 0. The first kappa shape index (κ1) is 18.0. The SMILES string of the molecule is C[C@H](Sc1ccc2c(c1)OCCCO2)C(=O)NCc1ccccc1Cl. The van der Waals surface area contributed by atoms with Crippen LogP contribution in [0.15, 0.2) is 47.4 Å². The lowest BCUT2D eigenvalue weighted by Gasteiger charge is -2.14. The third-order valence-corrected chi connectivity index (χ3v) is 5.27. The normalized spacial score (nSPS) is 14.5. The van der Waals surface area contributed by atoms with Gasteiger partial charge in [-0.3, -0.25) is 4.79 Å². The van der Waals surface area contributed by atoms with E-state index in [4.69, 9.17) is 21.1 Å². The van der Waals surface area contributed by atoms with Crippen molar-refractivity contribution in [3.8, 4) is 11.5 Å². The summed E-state index contributed by atoms with van der Waals surface area (Å²) in [5.74, 6) is 1.47. The van der Waals surface area contributed by atoms with Gasteiger partial charge in [0.25, 0.3) is 0 Å². The molecular weight excluding hydrogens is 358 g/mol. The number of fused-ring (bicyclic) bond motifs is 1. The highest BCUT2D eigenvalue weighted by atomic mass is 35.5. The lowest BCUT2D eigenvalue weighted by molar-refractivity contribution is -0.120. The van der Waals surface area contributed by atoms with Gasteiger partial charge in [-0.1, -0.05) is 29.8 Å². The number of carbonyl (C=O) groups is 1. The summed E-state index contributed by atoms with van der Waals surface area (Å²) in [6, 6.07) is 13.3. The summed E-state index contributed by atoms with van der Waals surface area (Å²) in [4.78, 5) is 13.3. The minimum atomic E-state index is -0.229. The molecule has 1 aliphatic rings. The van der Waals surface area contributed by atoms with Crippen LogP contribution in [-0.4, -0.2) is 24.4 Å². The van der Waals surface area contributed by atoms with Gasteiger partial charge in [-0.05, 0) is 36.8 Å². The molecule has 2 aromatic rings. The third kappa shape index (κ3) is 4.83. The summed E-state index contributed by atoms with van der Waals surface area (Å²) in [6.45, 7) is 3.62. The Morgan fingerprint density at radius 3 is 2.76 bits per heavy atom. The predicted octanol–water partition coefficient (Wildman–Crippen LogP) is 4.30. The molecule has 25 heavy (non-hydrogen) atoms. The van der Waals surface area contributed by atoms with Crippen molar-refractivity contribution in [1.29, 1.82) is 0 Å². The Balaban J connectivity index is 1.58. The number of halogens is 1. The van der Waals surface area contributed by atoms with Crippen molar-refractivity contribution in [3.63, 3.8) is 0 Å². The molecule has 6 heteroatoms. The van der Waals surface area contributed by atoms with Crippen molar-refractivity contribution in [1.82, 2.24) is 5.32 Å². The second kappa shape index (κ2) is 8.50. The molecule has 0 saturated carbocycles. The third-order valence-electron chi connectivity index (χ3n) is 3.81. The summed E-state index contributed by atoms with van der Waals surface area (Å²) in [5.41, 5.74) is 0.908. The van der Waals surface area contributed by atoms with Gasteiger partial charge in [-0.15, -0.1) is 11.8 Å². The minimum absolute atomic E-state index is 0.0305. The zero-order valence-electron chi connectivity index (χ0n) is 14.0. The number of rotatable bonds is 5. The van der Waals surface area contributed by atoms with E-state index in [2.05, 4.69) is 5.32 Å². The molecule has 0 bridgehead atoms. The summed E-state index contributed by atoms with van der Waals surface area (Å²) < 4.78 is 11.3. The monoisotopic (exact) mass is 377 g/mol. The fourth-order valence-electron chi connectivity index (χ4n) is 2.44. The Morgan fingerprint density at radius 2 is 1.96 bits per heavy atom. The Morgan fingerprint density at radius 1 is 1.20 bits per heavy atom. The number of benzene rings is 2. The average Bonchev–Trinajstić information content (AvgIpc) is 2.85. The van der Waals surface area contributed by atoms with Crippen LogP contribution in [-0.2, 0) is 11.3 Å². The Bertz CT molecular complexity index is 753. The molecule has 0 spiro atoms. The van der Waals surface area contributed by atoms with Crippen LogP contribution in [0.2, 0.25) is 5.02 Å². The van der Waals surface area contributed by atoms with E-state index in [9.17, 15) is 4.79 Å². The van der Waals surface area contributed by atoms with Gasteiger partial charge in [0.2, 0.25) is 5.91 Å². The fraction of sp³-hybridized carbons (Fsp3) is 0.316. The van der Waals surface area contributed by atoms with Crippen molar-refractivity contribution in [2.24, 2.45) is 0 Å². The van der Waals surface area contributed by atoms with Crippen LogP contribution in [0.4, 0.5) is 0 Å².